The molecule has 4 heteroatoms. The smallest absolute Gasteiger partial charge is 0.233 e. The van der Waals surface area contributed by atoms with Crippen LogP contribution in [0.3, 0.4) is 0 Å². The third kappa shape index (κ3) is 2.03. The Morgan fingerprint density at radius 1 is 1.22 bits per heavy atom. The van der Waals surface area contributed by atoms with E-state index in [-0.39, 0.29) is 29.7 Å². The van der Waals surface area contributed by atoms with Gasteiger partial charge in [-0.2, -0.15) is 0 Å². The largest absolute Gasteiger partial charge is 0.491 e. The number of hydrogen-bond donors (Lipinski definition) is 1. The maximum atomic E-state index is 12.3. The molecule has 4 nitrogen and oxygen atoms in total. The number of Topliss-reactive ketones (excluding diaryl/α,β-unsaturated/α-hetero) is 1. The van der Waals surface area contributed by atoms with Gasteiger partial charge in [0.05, 0.1) is 18.1 Å². The SMILES string of the molecule is CC(C)OC1=C(OC(C)C)C2CCCC2(O)C1=O. The lowest BCUT2D eigenvalue weighted by Crippen LogP contribution is -2.38. The highest BCUT2D eigenvalue weighted by Gasteiger charge is 2.58. The Morgan fingerprint density at radius 2 is 1.83 bits per heavy atom. The van der Waals surface area contributed by atoms with Crippen LogP contribution in [-0.2, 0) is 14.3 Å². The van der Waals surface area contributed by atoms with E-state index in [0.29, 0.717) is 12.2 Å². The van der Waals surface area contributed by atoms with Crippen LogP contribution in [0, 0.1) is 5.92 Å². The Morgan fingerprint density at radius 3 is 2.39 bits per heavy atom. The molecule has 18 heavy (non-hydrogen) atoms. The number of rotatable bonds is 4. The molecular formula is C14H22O4. The van der Waals surface area contributed by atoms with Crippen molar-refractivity contribution in [3.8, 4) is 0 Å². The Hall–Kier alpha value is -1.03. The van der Waals surface area contributed by atoms with Gasteiger partial charge in [-0.25, -0.2) is 0 Å². The summed E-state index contributed by atoms with van der Waals surface area (Å²) >= 11 is 0. The zero-order valence-corrected chi connectivity index (χ0v) is 11.5. The maximum Gasteiger partial charge on any atom is 0.233 e. The lowest BCUT2D eigenvalue weighted by molar-refractivity contribution is -0.137. The highest BCUT2D eigenvalue weighted by Crippen LogP contribution is 2.49. The lowest BCUT2D eigenvalue weighted by atomic mass is 9.92. The van der Waals surface area contributed by atoms with Crippen LogP contribution in [0.2, 0.25) is 0 Å². The summed E-state index contributed by atoms with van der Waals surface area (Å²) in [7, 11) is 0. The number of ether oxygens (including phenoxy) is 2. The number of ketones is 1. The van der Waals surface area contributed by atoms with E-state index in [0.717, 1.165) is 12.8 Å². The van der Waals surface area contributed by atoms with E-state index in [1.54, 1.807) is 0 Å². The molecule has 0 aliphatic heterocycles. The van der Waals surface area contributed by atoms with Crippen molar-refractivity contribution in [1.29, 1.82) is 0 Å². The van der Waals surface area contributed by atoms with Crippen molar-refractivity contribution in [1.82, 2.24) is 0 Å². The molecule has 102 valence electrons. The zero-order chi connectivity index (χ0) is 13.5. The van der Waals surface area contributed by atoms with Gasteiger partial charge in [-0.1, -0.05) is 0 Å². The second kappa shape index (κ2) is 4.57. The average Bonchev–Trinajstić information content (AvgIpc) is 2.71. The fourth-order valence-electron chi connectivity index (χ4n) is 2.81. The molecule has 2 aliphatic carbocycles. The fraction of sp³-hybridized carbons (Fsp3) is 0.786. The van der Waals surface area contributed by atoms with E-state index < -0.39 is 5.60 Å². The molecule has 0 radical (unpaired) electrons. The molecule has 0 amide bonds. The summed E-state index contributed by atoms with van der Waals surface area (Å²) in [6.45, 7) is 7.56. The Labute approximate surface area is 108 Å². The third-order valence-electron chi connectivity index (χ3n) is 3.48. The molecule has 0 bridgehead atoms. The number of aliphatic hydroxyl groups is 1. The minimum Gasteiger partial charge on any atom is -0.491 e. The first-order chi connectivity index (χ1) is 8.36. The van der Waals surface area contributed by atoms with Crippen LogP contribution in [0.4, 0.5) is 0 Å². The van der Waals surface area contributed by atoms with Gasteiger partial charge in [0.25, 0.3) is 0 Å². The summed E-state index contributed by atoms with van der Waals surface area (Å²) in [5.74, 6) is 0.283. The van der Waals surface area contributed by atoms with E-state index in [2.05, 4.69) is 0 Å². The van der Waals surface area contributed by atoms with Crippen molar-refractivity contribution in [2.45, 2.75) is 64.8 Å². The van der Waals surface area contributed by atoms with Crippen molar-refractivity contribution in [2.75, 3.05) is 0 Å². The van der Waals surface area contributed by atoms with Crippen LogP contribution in [0.1, 0.15) is 47.0 Å². The molecule has 0 aromatic heterocycles. The Kier molecular flexibility index (Phi) is 3.41. The lowest BCUT2D eigenvalue weighted by Gasteiger charge is -2.22. The van der Waals surface area contributed by atoms with Crippen molar-refractivity contribution >= 4 is 5.78 Å². The van der Waals surface area contributed by atoms with Gasteiger partial charge in [0.2, 0.25) is 11.5 Å². The second-order valence-corrected chi connectivity index (χ2v) is 5.72. The van der Waals surface area contributed by atoms with Gasteiger partial charge in [0, 0.05) is 0 Å². The average molecular weight is 254 g/mol. The molecule has 0 aromatic rings. The maximum absolute atomic E-state index is 12.3. The standard InChI is InChI=1S/C14H22O4/c1-8(2)17-11-10-6-5-7-14(10,16)13(15)12(11)18-9(3)4/h8-10,16H,5-7H2,1-4H3. The molecule has 2 rings (SSSR count). The topological polar surface area (TPSA) is 55.8 Å². The third-order valence-corrected chi connectivity index (χ3v) is 3.48. The minimum absolute atomic E-state index is 0.0264. The monoisotopic (exact) mass is 254 g/mol. The molecule has 2 unspecified atom stereocenters. The van der Waals surface area contributed by atoms with Crippen LogP contribution >= 0.6 is 0 Å². The molecule has 0 spiro atoms. The summed E-state index contributed by atoms with van der Waals surface area (Å²) in [4.78, 5) is 12.3. The number of carbonyl (C=O) groups excluding carboxylic acids is 1. The quantitative estimate of drug-likeness (QED) is 0.835. The predicted octanol–water partition coefficient (Wildman–Crippen LogP) is 2.16. The number of fused-ring (bicyclic) bond motifs is 1. The van der Waals surface area contributed by atoms with E-state index in [4.69, 9.17) is 9.47 Å². The zero-order valence-electron chi connectivity index (χ0n) is 11.5. The minimum atomic E-state index is -1.28. The molecule has 0 saturated heterocycles. The van der Waals surface area contributed by atoms with Crippen LogP contribution < -0.4 is 0 Å². The van der Waals surface area contributed by atoms with Gasteiger partial charge in [-0.3, -0.25) is 4.79 Å². The molecule has 0 aromatic carbocycles. The molecule has 1 fully saturated rings. The van der Waals surface area contributed by atoms with Gasteiger partial charge in [-0.05, 0) is 47.0 Å². The molecule has 0 heterocycles. The van der Waals surface area contributed by atoms with Crippen LogP contribution in [0.5, 0.6) is 0 Å². The van der Waals surface area contributed by atoms with Gasteiger partial charge in [-0.15, -0.1) is 0 Å². The first-order valence-electron chi connectivity index (χ1n) is 6.71. The van der Waals surface area contributed by atoms with E-state index in [1.807, 2.05) is 27.7 Å². The Bertz CT molecular complexity index is 383. The molecule has 1 N–H and O–H groups in total. The summed E-state index contributed by atoms with van der Waals surface area (Å²) in [6.07, 6.45) is 2.02. The van der Waals surface area contributed by atoms with Crippen LogP contribution in [0.25, 0.3) is 0 Å². The highest BCUT2D eigenvalue weighted by molar-refractivity contribution is 6.04. The van der Waals surface area contributed by atoms with Crippen molar-refractivity contribution in [3.05, 3.63) is 11.5 Å². The highest BCUT2D eigenvalue weighted by atomic mass is 16.5. The molecule has 1 saturated carbocycles. The molecule has 2 aliphatic rings. The first-order valence-corrected chi connectivity index (χ1v) is 6.71. The van der Waals surface area contributed by atoms with Gasteiger partial charge in [0.15, 0.2) is 0 Å². The summed E-state index contributed by atoms with van der Waals surface area (Å²) < 4.78 is 11.3. The van der Waals surface area contributed by atoms with Crippen molar-refractivity contribution in [3.63, 3.8) is 0 Å². The van der Waals surface area contributed by atoms with Gasteiger partial charge < -0.3 is 14.6 Å². The summed E-state index contributed by atoms with van der Waals surface area (Å²) in [5.41, 5.74) is -1.28. The summed E-state index contributed by atoms with van der Waals surface area (Å²) in [5, 5.41) is 10.5. The number of hydrogen-bond acceptors (Lipinski definition) is 4. The Balaban J connectivity index is 2.36. The van der Waals surface area contributed by atoms with Crippen molar-refractivity contribution in [2.24, 2.45) is 5.92 Å². The molecular weight excluding hydrogens is 232 g/mol. The van der Waals surface area contributed by atoms with Gasteiger partial charge >= 0.3 is 0 Å². The van der Waals surface area contributed by atoms with Crippen LogP contribution in [0.15, 0.2) is 11.5 Å². The van der Waals surface area contributed by atoms with E-state index in [1.165, 1.54) is 0 Å². The second-order valence-electron chi connectivity index (χ2n) is 5.72. The fourth-order valence-corrected chi connectivity index (χ4v) is 2.81. The van der Waals surface area contributed by atoms with E-state index >= 15 is 0 Å². The molecule has 2 atom stereocenters. The van der Waals surface area contributed by atoms with Gasteiger partial charge in [0.1, 0.15) is 11.4 Å². The predicted molar refractivity (Wildman–Crippen MR) is 66.8 cm³/mol. The normalized spacial score (nSPS) is 31.5. The van der Waals surface area contributed by atoms with E-state index in [9.17, 15) is 9.90 Å². The summed E-state index contributed by atoms with van der Waals surface area (Å²) in [6, 6.07) is 0. The van der Waals surface area contributed by atoms with Crippen LogP contribution in [-0.4, -0.2) is 28.7 Å². The van der Waals surface area contributed by atoms with Crippen molar-refractivity contribution < 1.29 is 19.4 Å². The first kappa shape index (κ1) is 13.4. The number of carbonyl (C=O) groups is 1.